The van der Waals surface area contributed by atoms with Gasteiger partial charge in [-0.15, -0.1) is 23.2 Å². The van der Waals surface area contributed by atoms with Gasteiger partial charge in [0.05, 0.1) is 11.6 Å². The standard InChI is InChI=1S/C11H11Cl2N3O/c1-10(7-11(10,12)13)9(17)16-15-6-8-3-2-4-14-5-8/h2-6H,7H2,1H3,(H,16,17)/b15-6-/t10-/m0/s1. The van der Waals surface area contributed by atoms with Crippen molar-refractivity contribution < 1.29 is 4.79 Å². The van der Waals surface area contributed by atoms with Crippen molar-refractivity contribution in [2.24, 2.45) is 10.5 Å². The van der Waals surface area contributed by atoms with Crippen molar-refractivity contribution >= 4 is 35.3 Å². The second-order valence-electron chi connectivity index (χ2n) is 4.20. The zero-order chi connectivity index (χ0) is 12.5. The molecule has 1 amide bonds. The monoisotopic (exact) mass is 271 g/mol. The third kappa shape index (κ3) is 2.42. The molecule has 0 spiro atoms. The van der Waals surface area contributed by atoms with E-state index in [-0.39, 0.29) is 5.91 Å². The third-order valence-electron chi connectivity index (χ3n) is 2.82. The lowest BCUT2D eigenvalue weighted by Crippen LogP contribution is -2.29. The highest BCUT2D eigenvalue weighted by Gasteiger charge is 2.68. The summed E-state index contributed by atoms with van der Waals surface area (Å²) in [4.78, 5) is 15.6. The van der Waals surface area contributed by atoms with Gasteiger partial charge in [-0.2, -0.15) is 5.10 Å². The highest BCUT2D eigenvalue weighted by molar-refractivity contribution is 6.53. The van der Waals surface area contributed by atoms with Crippen molar-refractivity contribution in [3.8, 4) is 0 Å². The molecule has 1 aliphatic carbocycles. The highest BCUT2D eigenvalue weighted by atomic mass is 35.5. The van der Waals surface area contributed by atoms with Crippen LogP contribution in [0, 0.1) is 5.41 Å². The van der Waals surface area contributed by atoms with Crippen LogP contribution in [-0.4, -0.2) is 21.4 Å². The molecule has 0 bridgehead atoms. The number of aromatic nitrogens is 1. The van der Waals surface area contributed by atoms with Crippen LogP contribution in [0.5, 0.6) is 0 Å². The number of hydrazone groups is 1. The van der Waals surface area contributed by atoms with Crippen molar-refractivity contribution in [2.45, 2.75) is 17.7 Å². The molecule has 90 valence electrons. The molecule has 0 aromatic carbocycles. The van der Waals surface area contributed by atoms with E-state index in [1.807, 2.05) is 6.07 Å². The summed E-state index contributed by atoms with van der Waals surface area (Å²) in [5.41, 5.74) is 2.48. The Morgan fingerprint density at radius 2 is 2.35 bits per heavy atom. The van der Waals surface area contributed by atoms with Crippen LogP contribution in [0.15, 0.2) is 29.6 Å². The lowest BCUT2D eigenvalue weighted by Gasteiger charge is -2.08. The Hall–Kier alpha value is -1.13. The summed E-state index contributed by atoms with van der Waals surface area (Å²) in [6, 6.07) is 3.61. The van der Waals surface area contributed by atoms with Crippen LogP contribution >= 0.6 is 23.2 Å². The number of pyridine rings is 1. The van der Waals surface area contributed by atoms with E-state index in [9.17, 15) is 4.79 Å². The SMILES string of the molecule is C[C@@]1(C(=O)N/N=C\c2cccnc2)CC1(Cl)Cl. The Balaban J connectivity index is 1.92. The van der Waals surface area contributed by atoms with Gasteiger partial charge in [-0.1, -0.05) is 6.07 Å². The number of alkyl halides is 2. The Bertz CT molecular complexity index is 461. The number of carbonyl (C=O) groups excluding carboxylic acids is 1. The number of nitrogens with zero attached hydrogens (tertiary/aromatic N) is 2. The van der Waals surface area contributed by atoms with Crippen LogP contribution < -0.4 is 5.43 Å². The van der Waals surface area contributed by atoms with E-state index >= 15 is 0 Å². The molecule has 1 aromatic rings. The molecule has 1 aromatic heterocycles. The van der Waals surface area contributed by atoms with Crippen molar-refractivity contribution in [1.82, 2.24) is 10.4 Å². The maximum absolute atomic E-state index is 11.7. The van der Waals surface area contributed by atoms with Crippen molar-refractivity contribution in [2.75, 3.05) is 0 Å². The normalized spacial score (nSPS) is 25.8. The first-order valence-corrected chi connectivity index (χ1v) is 5.83. The molecule has 17 heavy (non-hydrogen) atoms. The summed E-state index contributed by atoms with van der Waals surface area (Å²) in [6.07, 6.45) is 5.26. The summed E-state index contributed by atoms with van der Waals surface area (Å²) < 4.78 is -0.971. The van der Waals surface area contributed by atoms with Gasteiger partial charge < -0.3 is 0 Å². The first kappa shape index (κ1) is 12.3. The lowest BCUT2D eigenvalue weighted by molar-refractivity contribution is -0.125. The van der Waals surface area contributed by atoms with Crippen LogP contribution in [0.25, 0.3) is 0 Å². The van der Waals surface area contributed by atoms with E-state index < -0.39 is 9.75 Å². The van der Waals surface area contributed by atoms with Crippen LogP contribution in [0.1, 0.15) is 18.9 Å². The first-order chi connectivity index (χ1) is 7.96. The Morgan fingerprint density at radius 3 is 2.88 bits per heavy atom. The van der Waals surface area contributed by atoms with E-state index in [1.165, 1.54) is 6.21 Å². The van der Waals surface area contributed by atoms with Gasteiger partial charge in [-0.3, -0.25) is 9.78 Å². The third-order valence-corrected chi connectivity index (χ3v) is 3.92. The van der Waals surface area contributed by atoms with Crippen molar-refractivity contribution in [3.63, 3.8) is 0 Å². The molecule has 1 heterocycles. The molecule has 0 radical (unpaired) electrons. The number of nitrogens with one attached hydrogen (secondary N) is 1. The number of hydrogen-bond donors (Lipinski definition) is 1. The molecular weight excluding hydrogens is 261 g/mol. The maximum Gasteiger partial charge on any atom is 0.249 e. The molecule has 1 fully saturated rings. The zero-order valence-electron chi connectivity index (χ0n) is 9.15. The maximum atomic E-state index is 11.7. The largest absolute Gasteiger partial charge is 0.272 e. The lowest BCUT2D eigenvalue weighted by atomic mass is 10.1. The van der Waals surface area contributed by atoms with E-state index in [0.717, 1.165) is 5.56 Å². The van der Waals surface area contributed by atoms with E-state index in [4.69, 9.17) is 23.2 Å². The Labute approximate surface area is 109 Å². The average molecular weight is 272 g/mol. The van der Waals surface area contributed by atoms with Gasteiger partial charge in [0, 0.05) is 18.0 Å². The molecule has 1 atom stereocenters. The number of rotatable bonds is 3. The topological polar surface area (TPSA) is 54.4 Å². The number of amides is 1. The van der Waals surface area contributed by atoms with Gasteiger partial charge in [0.2, 0.25) is 5.91 Å². The minimum Gasteiger partial charge on any atom is -0.272 e. The number of halogens is 2. The molecule has 1 N–H and O–H groups in total. The molecule has 0 aliphatic heterocycles. The summed E-state index contributed by atoms with van der Waals surface area (Å²) in [7, 11) is 0. The quantitative estimate of drug-likeness (QED) is 0.520. The van der Waals surface area contributed by atoms with Crippen LogP contribution in [0.4, 0.5) is 0 Å². The highest BCUT2D eigenvalue weighted by Crippen LogP contribution is 2.63. The molecule has 6 heteroatoms. The fraction of sp³-hybridized carbons (Fsp3) is 0.364. The molecule has 0 saturated heterocycles. The summed E-state index contributed by atoms with van der Waals surface area (Å²) in [5.74, 6) is -0.275. The second kappa shape index (κ2) is 4.27. The fourth-order valence-corrected chi connectivity index (χ4v) is 2.09. The van der Waals surface area contributed by atoms with Gasteiger partial charge in [-0.25, -0.2) is 5.43 Å². The molecule has 1 aliphatic rings. The average Bonchev–Trinajstić information content (AvgIpc) is 2.81. The van der Waals surface area contributed by atoms with Gasteiger partial charge in [0.25, 0.3) is 0 Å². The molecule has 2 rings (SSSR count). The van der Waals surface area contributed by atoms with E-state index in [1.54, 1.807) is 25.4 Å². The van der Waals surface area contributed by atoms with E-state index in [2.05, 4.69) is 15.5 Å². The minimum absolute atomic E-state index is 0.275. The number of carbonyl (C=O) groups is 1. The van der Waals surface area contributed by atoms with Gasteiger partial charge >= 0.3 is 0 Å². The predicted octanol–water partition coefficient (Wildman–Crippen LogP) is 2.12. The van der Waals surface area contributed by atoms with E-state index in [0.29, 0.717) is 6.42 Å². The predicted molar refractivity (Wildman–Crippen MR) is 67.1 cm³/mol. The smallest absolute Gasteiger partial charge is 0.249 e. The number of hydrogen-bond acceptors (Lipinski definition) is 3. The van der Waals surface area contributed by atoms with Crippen molar-refractivity contribution in [1.29, 1.82) is 0 Å². The molecule has 0 unspecified atom stereocenters. The van der Waals surface area contributed by atoms with Crippen LogP contribution in [0.3, 0.4) is 0 Å². The zero-order valence-corrected chi connectivity index (χ0v) is 10.7. The minimum atomic E-state index is -0.971. The fourth-order valence-electron chi connectivity index (χ4n) is 1.39. The summed E-state index contributed by atoms with van der Waals surface area (Å²) >= 11 is 11.8. The van der Waals surface area contributed by atoms with Crippen LogP contribution in [0.2, 0.25) is 0 Å². The second-order valence-corrected chi connectivity index (χ2v) is 5.68. The Kier molecular flexibility index (Phi) is 3.10. The van der Waals surface area contributed by atoms with Gasteiger partial charge in [-0.05, 0) is 19.4 Å². The van der Waals surface area contributed by atoms with Gasteiger partial charge in [0.15, 0.2) is 0 Å². The molecule has 1 saturated carbocycles. The van der Waals surface area contributed by atoms with Crippen LogP contribution in [-0.2, 0) is 4.79 Å². The van der Waals surface area contributed by atoms with Crippen molar-refractivity contribution in [3.05, 3.63) is 30.1 Å². The van der Waals surface area contributed by atoms with Gasteiger partial charge in [0.1, 0.15) is 4.33 Å². The Morgan fingerprint density at radius 1 is 1.65 bits per heavy atom. The summed E-state index contributed by atoms with van der Waals surface area (Å²) in [5, 5.41) is 3.83. The molecule has 4 nitrogen and oxygen atoms in total. The first-order valence-electron chi connectivity index (χ1n) is 5.07. The molecular formula is C11H11Cl2N3O. The summed E-state index contributed by atoms with van der Waals surface area (Å²) in [6.45, 7) is 1.71.